The first-order chi connectivity index (χ1) is 24.3. The van der Waals surface area contributed by atoms with Crippen LogP contribution in [0.1, 0.15) is 53.3 Å². The van der Waals surface area contributed by atoms with Gasteiger partial charge in [-0.3, -0.25) is 19.5 Å². The molecule has 0 bridgehead atoms. The van der Waals surface area contributed by atoms with Gasteiger partial charge in [-0.05, 0) is 37.5 Å². The van der Waals surface area contributed by atoms with Crippen molar-refractivity contribution in [3.8, 4) is 28.1 Å². The minimum atomic E-state index is -0.333. The predicted molar refractivity (Wildman–Crippen MR) is 194 cm³/mol. The molecule has 50 heavy (non-hydrogen) atoms. The van der Waals surface area contributed by atoms with E-state index in [1.165, 1.54) is 12.8 Å². The van der Waals surface area contributed by atoms with Crippen molar-refractivity contribution in [3.05, 3.63) is 81.5 Å². The van der Waals surface area contributed by atoms with Gasteiger partial charge in [0.2, 0.25) is 5.91 Å². The van der Waals surface area contributed by atoms with Crippen molar-refractivity contribution in [2.75, 3.05) is 38.7 Å². The molecular formula is C37H41Cl2N7O4. The third-order valence-corrected chi connectivity index (χ3v) is 10.4. The minimum Gasteiger partial charge on any atom is -0.496 e. The predicted octanol–water partition coefficient (Wildman–Crippen LogP) is 5.62. The number of rotatable bonds is 13. The Morgan fingerprint density at radius 3 is 2.70 bits per heavy atom. The molecule has 2 aliphatic heterocycles. The van der Waals surface area contributed by atoms with E-state index in [0.717, 1.165) is 55.1 Å². The molecule has 1 saturated heterocycles. The Kier molecular flexibility index (Phi) is 10.4. The lowest BCUT2D eigenvalue weighted by molar-refractivity contribution is -0.119. The number of halogens is 2. The maximum Gasteiger partial charge on any atom is 0.291 e. The van der Waals surface area contributed by atoms with Crippen molar-refractivity contribution in [2.45, 2.75) is 57.3 Å². The number of fused-ring (bicyclic) bond motifs is 1. The zero-order chi connectivity index (χ0) is 34.8. The van der Waals surface area contributed by atoms with E-state index in [-0.39, 0.29) is 17.9 Å². The van der Waals surface area contributed by atoms with Crippen molar-refractivity contribution in [2.24, 2.45) is 7.05 Å². The van der Waals surface area contributed by atoms with Crippen molar-refractivity contribution >= 4 is 40.7 Å². The summed E-state index contributed by atoms with van der Waals surface area (Å²) in [7, 11) is 3.52. The molecule has 11 nitrogen and oxygen atoms in total. The summed E-state index contributed by atoms with van der Waals surface area (Å²) in [6.45, 7) is 4.44. The first-order valence-electron chi connectivity index (χ1n) is 17.1. The summed E-state index contributed by atoms with van der Waals surface area (Å²) in [6.07, 6.45) is 6.70. The van der Waals surface area contributed by atoms with E-state index in [1.54, 1.807) is 19.4 Å². The maximum absolute atomic E-state index is 13.6. The number of carbonyl (C=O) groups is 2. The number of nitrogens with one attached hydrogen (secondary N) is 3. The van der Waals surface area contributed by atoms with E-state index in [4.69, 9.17) is 37.7 Å². The number of anilines is 1. The highest BCUT2D eigenvalue weighted by Crippen LogP contribution is 2.41. The summed E-state index contributed by atoms with van der Waals surface area (Å²) in [5, 5.41) is 10.2. The van der Waals surface area contributed by atoms with Crippen LogP contribution in [0.25, 0.3) is 22.4 Å². The lowest BCUT2D eigenvalue weighted by Crippen LogP contribution is -2.35. The Morgan fingerprint density at radius 2 is 1.92 bits per heavy atom. The number of methoxy groups -OCH3 is 1. The van der Waals surface area contributed by atoms with Crippen molar-refractivity contribution in [1.29, 1.82) is 0 Å². The molecule has 1 aliphatic carbocycles. The summed E-state index contributed by atoms with van der Waals surface area (Å²) < 4.78 is 13.4. The lowest BCUT2D eigenvalue weighted by atomic mass is 10.0. The van der Waals surface area contributed by atoms with Crippen LogP contribution in [0.2, 0.25) is 10.0 Å². The molecule has 2 fully saturated rings. The lowest BCUT2D eigenvalue weighted by Gasteiger charge is -2.26. The minimum absolute atomic E-state index is 0.100. The standard InChI is InChI=1S/C37H41Cl2N7O4/c1-45-30-13-15-46(16-17-50-25-9-10-25)21-29(30)43-36(45)37(48)44-28-5-3-4-26(33(28)38)27-12-14-41-35(34(27)39)22-6-7-23(31(18-22)49-2)19-40-20-24-8-11-32(47)42-24/h3-7,12,14,18,24-25,40H,8-11,13,15-17,19-21H2,1-2H3,(H,42,47)(H,44,48). The van der Waals surface area contributed by atoms with Crippen molar-refractivity contribution in [1.82, 2.24) is 30.1 Å². The average molecular weight is 719 g/mol. The highest BCUT2D eigenvalue weighted by Gasteiger charge is 2.27. The van der Waals surface area contributed by atoms with Gasteiger partial charge in [0.25, 0.3) is 5.91 Å². The van der Waals surface area contributed by atoms with Crippen molar-refractivity contribution < 1.29 is 19.1 Å². The molecule has 262 valence electrons. The second kappa shape index (κ2) is 15.1. The number of hydrogen-bond donors (Lipinski definition) is 3. The van der Waals surface area contributed by atoms with Gasteiger partial charge in [-0.2, -0.15) is 0 Å². The Balaban J connectivity index is 1.05. The first kappa shape index (κ1) is 34.4. The van der Waals surface area contributed by atoms with Crippen LogP contribution in [0.3, 0.4) is 0 Å². The molecule has 4 heterocycles. The number of nitrogens with zero attached hydrogens (tertiary/aromatic N) is 4. The number of ether oxygens (including phenoxy) is 2. The fourth-order valence-electron chi connectivity index (χ4n) is 6.68. The van der Waals surface area contributed by atoms with Gasteiger partial charge in [0.1, 0.15) is 5.75 Å². The van der Waals surface area contributed by atoms with E-state index < -0.39 is 0 Å². The molecule has 0 spiro atoms. The normalized spacial score (nSPS) is 17.4. The van der Waals surface area contributed by atoms with Gasteiger partial charge in [-0.1, -0.05) is 47.5 Å². The average Bonchev–Trinajstić information content (AvgIpc) is 3.76. The van der Waals surface area contributed by atoms with Gasteiger partial charge in [0, 0.05) is 92.8 Å². The van der Waals surface area contributed by atoms with Crippen LogP contribution < -0.4 is 20.7 Å². The Labute approximate surface area is 301 Å². The molecule has 2 amide bonds. The summed E-state index contributed by atoms with van der Waals surface area (Å²) in [6, 6.07) is 13.3. The molecule has 2 aromatic heterocycles. The van der Waals surface area contributed by atoms with Gasteiger partial charge in [-0.15, -0.1) is 0 Å². The van der Waals surface area contributed by atoms with E-state index >= 15 is 0 Å². The highest BCUT2D eigenvalue weighted by atomic mass is 35.5. The molecule has 2 aromatic carbocycles. The number of hydrogen-bond acceptors (Lipinski definition) is 8. The largest absolute Gasteiger partial charge is 0.496 e. The van der Waals surface area contributed by atoms with Crippen LogP contribution in [-0.4, -0.2) is 76.7 Å². The molecule has 0 radical (unpaired) electrons. The number of carbonyl (C=O) groups excluding carboxylic acids is 2. The quantitative estimate of drug-likeness (QED) is 0.163. The molecule has 7 rings (SSSR count). The van der Waals surface area contributed by atoms with Crippen LogP contribution >= 0.6 is 23.2 Å². The molecule has 1 unspecified atom stereocenters. The van der Waals surface area contributed by atoms with Crippen LogP contribution in [-0.2, 0) is 36.1 Å². The molecular weight excluding hydrogens is 677 g/mol. The highest BCUT2D eigenvalue weighted by molar-refractivity contribution is 6.39. The molecule has 3 aliphatic rings. The fourth-order valence-corrected chi connectivity index (χ4v) is 7.27. The molecule has 4 aromatic rings. The fraction of sp³-hybridized carbons (Fsp3) is 0.405. The van der Waals surface area contributed by atoms with E-state index in [1.807, 2.05) is 48.0 Å². The molecule has 1 saturated carbocycles. The number of amides is 2. The number of imidazole rings is 1. The van der Waals surface area contributed by atoms with Crippen molar-refractivity contribution in [3.63, 3.8) is 0 Å². The number of pyridine rings is 1. The topological polar surface area (TPSA) is 123 Å². The molecule has 1 atom stereocenters. The Morgan fingerprint density at radius 1 is 1.08 bits per heavy atom. The van der Waals surface area contributed by atoms with Crippen LogP contribution in [0.15, 0.2) is 48.7 Å². The summed E-state index contributed by atoms with van der Waals surface area (Å²) >= 11 is 14.0. The third-order valence-electron chi connectivity index (χ3n) is 9.60. The monoisotopic (exact) mass is 717 g/mol. The Bertz CT molecular complexity index is 1910. The Hall–Kier alpha value is -4.00. The van der Waals surface area contributed by atoms with Gasteiger partial charge in [-0.25, -0.2) is 4.98 Å². The van der Waals surface area contributed by atoms with Crippen LogP contribution in [0, 0.1) is 0 Å². The van der Waals surface area contributed by atoms with E-state index in [9.17, 15) is 9.59 Å². The first-order valence-corrected chi connectivity index (χ1v) is 17.8. The zero-order valence-electron chi connectivity index (χ0n) is 28.2. The SMILES string of the molecule is COc1cc(-c2nccc(-c3cccc(NC(=O)c4nc5c(n4C)CCN(CCOC4CC4)C5)c3Cl)c2Cl)ccc1CNCC1CCC(=O)N1. The summed E-state index contributed by atoms with van der Waals surface area (Å²) in [4.78, 5) is 36.8. The third kappa shape index (κ3) is 7.52. The molecule has 3 N–H and O–H groups in total. The van der Waals surface area contributed by atoms with Gasteiger partial charge >= 0.3 is 0 Å². The molecule has 13 heteroatoms. The van der Waals surface area contributed by atoms with Gasteiger partial charge in [0.05, 0.1) is 46.9 Å². The second-order valence-corrected chi connectivity index (χ2v) is 13.8. The van der Waals surface area contributed by atoms with E-state index in [2.05, 4.69) is 25.8 Å². The smallest absolute Gasteiger partial charge is 0.291 e. The van der Waals surface area contributed by atoms with E-state index in [0.29, 0.717) is 76.3 Å². The maximum atomic E-state index is 13.6. The summed E-state index contributed by atoms with van der Waals surface area (Å²) in [5.74, 6) is 0.807. The van der Waals surface area contributed by atoms with Gasteiger partial charge < -0.3 is 30.0 Å². The number of aromatic nitrogens is 3. The van der Waals surface area contributed by atoms with Crippen LogP contribution in [0.5, 0.6) is 5.75 Å². The second-order valence-electron chi connectivity index (χ2n) is 13.1. The number of benzene rings is 2. The zero-order valence-corrected chi connectivity index (χ0v) is 29.7. The summed E-state index contributed by atoms with van der Waals surface area (Å²) in [5.41, 5.74) is 6.13. The van der Waals surface area contributed by atoms with Crippen LogP contribution in [0.4, 0.5) is 5.69 Å². The van der Waals surface area contributed by atoms with Gasteiger partial charge in [0.15, 0.2) is 5.82 Å².